The van der Waals surface area contributed by atoms with Crippen LogP contribution in [0, 0.1) is 0 Å². The van der Waals surface area contributed by atoms with Crippen LogP contribution in [0.1, 0.15) is 19.8 Å². The van der Waals surface area contributed by atoms with Gasteiger partial charge in [0.15, 0.2) is 0 Å². The molecule has 0 aromatic heterocycles. The molecule has 1 aliphatic carbocycles. The monoisotopic (exact) mass is 176 g/mol. The minimum Gasteiger partial charge on any atom is -0.399 e. The maximum absolute atomic E-state index is 5.74. The molecule has 0 heterocycles. The van der Waals surface area contributed by atoms with Gasteiger partial charge in [-0.15, -0.1) is 0 Å². The van der Waals surface area contributed by atoms with Gasteiger partial charge in [-0.2, -0.15) is 0 Å². The molecule has 2 nitrogen and oxygen atoms in total. The largest absolute Gasteiger partial charge is 0.399 e. The molecule has 1 aromatic rings. The maximum Gasteiger partial charge on any atom is 0.0389 e. The average Bonchev–Trinajstić information content (AvgIpc) is 2.90. The second-order valence-corrected chi connectivity index (χ2v) is 3.61. The first-order chi connectivity index (χ1) is 6.31. The van der Waals surface area contributed by atoms with Crippen molar-refractivity contribution in [3.05, 3.63) is 24.3 Å². The highest BCUT2D eigenvalue weighted by Gasteiger charge is 2.27. The van der Waals surface area contributed by atoms with Crippen LogP contribution in [-0.4, -0.2) is 12.6 Å². The summed E-state index contributed by atoms with van der Waals surface area (Å²) in [6.45, 7) is 3.27. The van der Waals surface area contributed by atoms with Gasteiger partial charge in [-0.1, -0.05) is 6.07 Å². The fourth-order valence-electron chi connectivity index (χ4n) is 1.74. The predicted molar refractivity (Wildman–Crippen MR) is 56.9 cm³/mol. The van der Waals surface area contributed by atoms with E-state index in [0.29, 0.717) is 0 Å². The Balaban J connectivity index is 2.21. The lowest BCUT2D eigenvalue weighted by atomic mass is 10.2. The number of nitrogen functional groups attached to an aromatic ring is 1. The lowest BCUT2D eigenvalue weighted by molar-refractivity contribution is 0.827. The molecule has 0 spiro atoms. The summed E-state index contributed by atoms with van der Waals surface area (Å²) in [5, 5.41) is 0. The number of rotatable bonds is 3. The summed E-state index contributed by atoms with van der Waals surface area (Å²) in [7, 11) is 0. The van der Waals surface area contributed by atoms with Crippen molar-refractivity contribution in [3.63, 3.8) is 0 Å². The predicted octanol–water partition coefficient (Wildman–Crippen LogP) is 2.26. The molecule has 0 aliphatic heterocycles. The van der Waals surface area contributed by atoms with E-state index in [2.05, 4.69) is 24.0 Å². The average molecular weight is 176 g/mol. The molecule has 13 heavy (non-hydrogen) atoms. The molecule has 0 radical (unpaired) electrons. The molecular formula is C11H16N2. The van der Waals surface area contributed by atoms with Crippen LogP contribution >= 0.6 is 0 Å². The van der Waals surface area contributed by atoms with Crippen LogP contribution in [0.15, 0.2) is 24.3 Å². The van der Waals surface area contributed by atoms with E-state index in [-0.39, 0.29) is 0 Å². The van der Waals surface area contributed by atoms with Crippen LogP contribution in [0.5, 0.6) is 0 Å². The van der Waals surface area contributed by atoms with Crippen molar-refractivity contribution in [1.29, 1.82) is 0 Å². The summed E-state index contributed by atoms with van der Waals surface area (Å²) in [5.41, 5.74) is 7.87. The van der Waals surface area contributed by atoms with E-state index in [4.69, 9.17) is 5.73 Å². The third kappa shape index (κ3) is 1.77. The molecule has 70 valence electrons. The van der Waals surface area contributed by atoms with Gasteiger partial charge >= 0.3 is 0 Å². The zero-order valence-corrected chi connectivity index (χ0v) is 8.03. The SMILES string of the molecule is CCN(c1cccc(N)c1)C1CC1. The summed E-state index contributed by atoms with van der Waals surface area (Å²) >= 11 is 0. The molecule has 0 atom stereocenters. The molecule has 0 saturated heterocycles. The van der Waals surface area contributed by atoms with E-state index in [0.717, 1.165) is 18.3 Å². The van der Waals surface area contributed by atoms with E-state index in [9.17, 15) is 0 Å². The highest BCUT2D eigenvalue weighted by molar-refractivity contribution is 5.57. The minimum atomic E-state index is 0.770. The quantitative estimate of drug-likeness (QED) is 0.716. The van der Waals surface area contributed by atoms with Gasteiger partial charge in [-0.3, -0.25) is 0 Å². The van der Waals surface area contributed by atoms with E-state index >= 15 is 0 Å². The molecule has 0 bridgehead atoms. The van der Waals surface area contributed by atoms with Gasteiger partial charge in [0.1, 0.15) is 0 Å². The topological polar surface area (TPSA) is 29.3 Å². The van der Waals surface area contributed by atoms with Crippen molar-refractivity contribution in [2.24, 2.45) is 0 Å². The Morgan fingerprint density at radius 3 is 2.77 bits per heavy atom. The Labute approximate surface area is 79.4 Å². The number of anilines is 2. The molecule has 2 heteroatoms. The number of benzene rings is 1. The molecule has 1 saturated carbocycles. The number of hydrogen-bond donors (Lipinski definition) is 1. The van der Waals surface area contributed by atoms with Crippen molar-refractivity contribution in [3.8, 4) is 0 Å². The van der Waals surface area contributed by atoms with Crippen molar-refractivity contribution in [2.45, 2.75) is 25.8 Å². The second-order valence-electron chi connectivity index (χ2n) is 3.61. The summed E-state index contributed by atoms with van der Waals surface area (Å²) in [4.78, 5) is 2.43. The highest BCUT2D eigenvalue weighted by atomic mass is 15.2. The van der Waals surface area contributed by atoms with E-state index in [1.165, 1.54) is 18.5 Å². The fraction of sp³-hybridized carbons (Fsp3) is 0.455. The van der Waals surface area contributed by atoms with Crippen molar-refractivity contribution in [1.82, 2.24) is 0 Å². The number of hydrogen-bond acceptors (Lipinski definition) is 2. The Morgan fingerprint density at radius 2 is 2.23 bits per heavy atom. The first kappa shape index (κ1) is 8.42. The summed E-state index contributed by atoms with van der Waals surface area (Å²) in [6.07, 6.45) is 2.67. The van der Waals surface area contributed by atoms with Crippen molar-refractivity contribution in [2.75, 3.05) is 17.2 Å². The smallest absolute Gasteiger partial charge is 0.0389 e. The van der Waals surface area contributed by atoms with Crippen LogP contribution in [0.3, 0.4) is 0 Å². The van der Waals surface area contributed by atoms with E-state index in [1.807, 2.05) is 12.1 Å². The molecule has 2 rings (SSSR count). The van der Waals surface area contributed by atoms with Gasteiger partial charge in [-0.05, 0) is 38.0 Å². The molecule has 0 amide bonds. The molecule has 2 N–H and O–H groups in total. The molecule has 1 aliphatic rings. The molecular weight excluding hydrogens is 160 g/mol. The van der Waals surface area contributed by atoms with Gasteiger partial charge in [0.2, 0.25) is 0 Å². The molecule has 1 fully saturated rings. The zero-order valence-electron chi connectivity index (χ0n) is 8.03. The Hall–Kier alpha value is -1.18. The zero-order chi connectivity index (χ0) is 9.26. The van der Waals surface area contributed by atoms with Crippen LogP contribution in [-0.2, 0) is 0 Å². The van der Waals surface area contributed by atoms with E-state index in [1.54, 1.807) is 0 Å². The van der Waals surface area contributed by atoms with E-state index < -0.39 is 0 Å². The van der Waals surface area contributed by atoms with Gasteiger partial charge in [-0.25, -0.2) is 0 Å². The summed E-state index contributed by atoms with van der Waals surface area (Å²) < 4.78 is 0. The molecule has 0 unspecified atom stereocenters. The molecule has 1 aromatic carbocycles. The second kappa shape index (κ2) is 3.29. The Bertz CT molecular complexity index is 292. The summed E-state index contributed by atoms with van der Waals surface area (Å²) in [6, 6.07) is 8.92. The minimum absolute atomic E-state index is 0.770. The van der Waals surface area contributed by atoms with Gasteiger partial charge in [0, 0.05) is 24.0 Å². The lowest BCUT2D eigenvalue weighted by Gasteiger charge is -2.22. The Morgan fingerprint density at radius 1 is 1.46 bits per heavy atom. The van der Waals surface area contributed by atoms with Crippen LogP contribution in [0.25, 0.3) is 0 Å². The van der Waals surface area contributed by atoms with Crippen molar-refractivity contribution < 1.29 is 0 Å². The first-order valence-electron chi connectivity index (χ1n) is 4.93. The summed E-state index contributed by atoms with van der Waals surface area (Å²) in [5.74, 6) is 0. The third-order valence-corrected chi connectivity index (χ3v) is 2.53. The normalized spacial score (nSPS) is 15.8. The van der Waals surface area contributed by atoms with Crippen molar-refractivity contribution >= 4 is 11.4 Å². The highest BCUT2D eigenvalue weighted by Crippen LogP contribution is 2.31. The third-order valence-electron chi connectivity index (χ3n) is 2.53. The van der Waals surface area contributed by atoms with Crippen LogP contribution < -0.4 is 10.6 Å². The van der Waals surface area contributed by atoms with Gasteiger partial charge < -0.3 is 10.6 Å². The van der Waals surface area contributed by atoms with Crippen LogP contribution in [0.2, 0.25) is 0 Å². The lowest BCUT2D eigenvalue weighted by Crippen LogP contribution is -2.24. The standard InChI is InChI=1S/C11H16N2/c1-2-13(10-6-7-10)11-5-3-4-9(12)8-11/h3-5,8,10H,2,6-7,12H2,1H3. The first-order valence-corrected chi connectivity index (χ1v) is 4.93. The van der Waals surface area contributed by atoms with Gasteiger partial charge in [0.05, 0.1) is 0 Å². The maximum atomic E-state index is 5.74. The number of nitrogens with two attached hydrogens (primary N) is 1. The van der Waals surface area contributed by atoms with Gasteiger partial charge in [0.25, 0.3) is 0 Å². The Kier molecular flexibility index (Phi) is 2.13. The van der Waals surface area contributed by atoms with Crippen LogP contribution in [0.4, 0.5) is 11.4 Å². The fourth-order valence-corrected chi connectivity index (χ4v) is 1.74. The number of nitrogens with zero attached hydrogens (tertiary/aromatic N) is 1.